The van der Waals surface area contributed by atoms with Gasteiger partial charge >= 0.3 is 5.97 Å². The third kappa shape index (κ3) is 4.14. The normalized spacial score (nSPS) is 10.3. The predicted octanol–water partition coefficient (Wildman–Crippen LogP) is 2.93. The number of hydrogen-bond donors (Lipinski definition) is 0. The molecule has 3 aromatic rings. The summed E-state index contributed by atoms with van der Waals surface area (Å²) >= 11 is 0. The van der Waals surface area contributed by atoms with Gasteiger partial charge in [0, 0.05) is 12.3 Å². The molecule has 0 aliphatic heterocycles. The van der Waals surface area contributed by atoms with Gasteiger partial charge in [-0.1, -0.05) is 18.2 Å². The average molecular weight is 366 g/mol. The first-order valence-corrected chi connectivity index (χ1v) is 8.15. The van der Waals surface area contributed by atoms with Gasteiger partial charge in [-0.2, -0.15) is 5.10 Å². The van der Waals surface area contributed by atoms with Crippen LogP contribution in [0.25, 0.3) is 5.69 Å². The second-order valence-corrected chi connectivity index (χ2v) is 5.57. The molecule has 138 valence electrons. The summed E-state index contributed by atoms with van der Waals surface area (Å²) < 4.78 is 17.0. The van der Waals surface area contributed by atoms with Gasteiger partial charge in [0.2, 0.25) is 5.78 Å². The standard InChI is InChI=1S/C20H18N2O5/c1-25-16-8-9-17(19(10-16)26-2)18(23)13-27-20(24)14-11-21-22(12-14)15-6-4-3-5-7-15/h3-12H,13H2,1-2H3. The van der Waals surface area contributed by atoms with Crippen molar-refractivity contribution < 1.29 is 23.8 Å². The molecule has 0 unspecified atom stereocenters. The van der Waals surface area contributed by atoms with Crippen LogP contribution in [-0.2, 0) is 4.74 Å². The number of hydrogen-bond acceptors (Lipinski definition) is 6. The van der Waals surface area contributed by atoms with E-state index in [0.717, 1.165) is 5.69 Å². The Morgan fingerprint density at radius 2 is 1.81 bits per heavy atom. The van der Waals surface area contributed by atoms with Gasteiger partial charge in [-0.25, -0.2) is 9.48 Å². The molecule has 1 aromatic heterocycles. The lowest BCUT2D eigenvalue weighted by atomic mass is 10.1. The Morgan fingerprint density at radius 3 is 2.52 bits per heavy atom. The molecule has 0 bridgehead atoms. The molecule has 0 spiro atoms. The topological polar surface area (TPSA) is 79.7 Å². The van der Waals surface area contributed by atoms with E-state index in [1.54, 1.807) is 29.1 Å². The summed E-state index contributed by atoms with van der Waals surface area (Å²) in [4.78, 5) is 24.6. The summed E-state index contributed by atoms with van der Waals surface area (Å²) in [5.41, 5.74) is 1.38. The van der Waals surface area contributed by atoms with Crippen LogP contribution < -0.4 is 9.47 Å². The summed E-state index contributed by atoms with van der Waals surface area (Å²) in [6.45, 7) is -0.405. The SMILES string of the molecule is COc1ccc(C(=O)COC(=O)c2cnn(-c3ccccc3)c2)c(OC)c1. The Kier molecular flexibility index (Phi) is 5.51. The Balaban J connectivity index is 1.66. The van der Waals surface area contributed by atoms with Crippen LogP contribution in [0.1, 0.15) is 20.7 Å². The van der Waals surface area contributed by atoms with E-state index in [4.69, 9.17) is 14.2 Å². The first kappa shape index (κ1) is 18.2. The Labute approximate surface area is 156 Å². The van der Waals surface area contributed by atoms with Crippen LogP contribution in [0.5, 0.6) is 11.5 Å². The Morgan fingerprint density at radius 1 is 1.04 bits per heavy atom. The summed E-state index contributed by atoms with van der Waals surface area (Å²) in [5, 5.41) is 4.14. The monoisotopic (exact) mass is 366 g/mol. The summed E-state index contributed by atoms with van der Waals surface area (Å²) in [7, 11) is 2.98. The molecule has 27 heavy (non-hydrogen) atoms. The highest BCUT2D eigenvalue weighted by molar-refractivity contribution is 6.01. The minimum atomic E-state index is -0.627. The van der Waals surface area contributed by atoms with Gasteiger partial charge in [-0.05, 0) is 24.3 Å². The third-order valence-corrected chi connectivity index (χ3v) is 3.88. The van der Waals surface area contributed by atoms with E-state index in [1.807, 2.05) is 30.3 Å². The molecular weight excluding hydrogens is 348 g/mol. The molecule has 0 amide bonds. The quantitative estimate of drug-likeness (QED) is 0.472. The van der Waals surface area contributed by atoms with Gasteiger partial charge in [0.25, 0.3) is 0 Å². The van der Waals surface area contributed by atoms with Crippen LogP contribution in [0.15, 0.2) is 60.9 Å². The van der Waals surface area contributed by atoms with Crippen LogP contribution in [-0.4, -0.2) is 42.4 Å². The zero-order valence-electron chi connectivity index (χ0n) is 14.9. The highest BCUT2D eigenvalue weighted by atomic mass is 16.5. The van der Waals surface area contributed by atoms with E-state index in [2.05, 4.69) is 5.10 Å². The number of ketones is 1. The van der Waals surface area contributed by atoms with Crippen molar-refractivity contribution in [1.29, 1.82) is 0 Å². The molecule has 7 nitrogen and oxygen atoms in total. The largest absolute Gasteiger partial charge is 0.497 e. The lowest BCUT2D eigenvalue weighted by Crippen LogP contribution is -2.14. The minimum absolute atomic E-state index is 0.258. The van der Waals surface area contributed by atoms with Gasteiger partial charge in [0.05, 0.1) is 37.2 Å². The summed E-state index contributed by atoms with van der Waals surface area (Å²) in [5.74, 6) is -0.0858. The van der Waals surface area contributed by atoms with Crippen LogP contribution in [0.2, 0.25) is 0 Å². The molecule has 0 atom stereocenters. The maximum Gasteiger partial charge on any atom is 0.341 e. The molecular formula is C20H18N2O5. The molecule has 0 fully saturated rings. The lowest BCUT2D eigenvalue weighted by Gasteiger charge is -2.09. The first-order chi connectivity index (χ1) is 13.1. The predicted molar refractivity (Wildman–Crippen MR) is 97.7 cm³/mol. The number of carbonyl (C=O) groups excluding carboxylic acids is 2. The number of esters is 1. The van der Waals surface area contributed by atoms with E-state index in [-0.39, 0.29) is 11.3 Å². The maximum absolute atomic E-state index is 12.4. The van der Waals surface area contributed by atoms with Crippen molar-refractivity contribution in [3.8, 4) is 17.2 Å². The van der Waals surface area contributed by atoms with Gasteiger partial charge in [0.1, 0.15) is 11.5 Å². The van der Waals surface area contributed by atoms with E-state index in [1.165, 1.54) is 20.4 Å². The summed E-state index contributed by atoms with van der Waals surface area (Å²) in [6.07, 6.45) is 2.95. The number of aromatic nitrogens is 2. The summed E-state index contributed by atoms with van der Waals surface area (Å²) in [6, 6.07) is 14.2. The average Bonchev–Trinajstić information content (AvgIpc) is 3.22. The number of benzene rings is 2. The number of para-hydroxylation sites is 1. The molecule has 1 heterocycles. The van der Waals surface area contributed by atoms with Crippen molar-refractivity contribution in [2.45, 2.75) is 0 Å². The van der Waals surface area contributed by atoms with E-state index >= 15 is 0 Å². The highest BCUT2D eigenvalue weighted by Gasteiger charge is 2.17. The van der Waals surface area contributed by atoms with E-state index in [0.29, 0.717) is 17.1 Å². The number of Topliss-reactive ketones (excluding diaryl/α,β-unsaturated/α-hetero) is 1. The highest BCUT2D eigenvalue weighted by Crippen LogP contribution is 2.25. The van der Waals surface area contributed by atoms with Crippen molar-refractivity contribution in [2.75, 3.05) is 20.8 Å². The second kappa shape index (κ2) is 8.18. The van der Waals surface area contributed by atoms with Gasteiger partial charge < -0.3 is 14.2 Å². The molecule has 0 saturated carbocycles. The van der Waals surface area contributed by atoms with Crippen LogP contribution in [0, 0.1) is 0 Å². The van der Waals surface area contributed by atoms with Gasteiger partial charge in [-0.3, -0.25) is 4.79 Å². The van der Waals surface area contributed by atoms with E-state index in [9.17, 15) is 9.59 Å². The molecule has 7 heteroatoms. The number of nitrogens with zero attached hydrogens (tertiary/aromatic N) is 2. The maximum atomic E-state index is 12.4. The second-order valence-electron chi connectivity index (χ2n) is 5.57. The van der Waals surface area contributed by atoms with Crippen LogP contribution in [0.3, 0.4) is 0 Å². The number of rotatable bonds is 7. The molecule has 2 aromatic carbocycles. The number of carbonyl (C=O) groups is 2. The smallest absolute Gasteiger partial charge is 0.341 e. The zero-order chi connectivity index (χ0) is 19.2. The van der Waals surface area contributed by atoms with Crippen molar-refractivity contribution in [3.05, 3.63) is 72.1 Å². The molecule has 0 saturated heterocycles. The van der Waals surface area contributed by atoms with Crippen LogP contribution >= 0.6 is 0 Å². The van der Waals surface area contributed by atoms with Crippen molar-refractivity contribution in [1.82, 2.24) is 9.78 Å². The van der Waals surface area contributed by atoms with Gasteiger partial charge in [-0.15, -0.1) is 0 Å². The third-order valence-electron chi connectivity index (χ3n) is 3.88. The fourth-order valence-corrected chi connectivity index (χ4v) is 2.47. The fraction of sp³-hybridized carbons (Fsp3) is 0.150. The number of ether oxygens (including phenoxy) is 3. The Hall–Kier alpha value is -3.61. The molecule has 0 aliphatic rings. The van der Waals surface area contributed by atoms with E-state index < -0.39 is 12.6 Å². The van der Waals surface area contributed by atoms with Crippen molar-refractivity contribution >= 4 is 11.8 Å². The van der Waals surface area contributed by atoms with Crippen LogP contribution in [0.4, 0.5) is 0 Å². The van der Waals surface area contributed by atoms with Crippen molar-refractivity contribution in [2.24, 2.45) is 0 Å². The molecule has 0 N–H and O–H groups in total. The fourth-order valence-electron chi connectivity index (χ4n) is 2.47. The first-order valence-electron chi connectivity index (χ1n) is 8.15. The van der Waals surface area contributed by atoms with Crippen molar-refractivity contribution in [3.63, 3.8) is 0 Å². The number of methoxy groups -OCH3 is 2. The molecule has 0 radical (unpaired) electrons. The lowest BCUT2D eigenvalue weighted by molar-refractivity contribution is 0.0474. The molecule has 0 aliphatic carbocycles. The van der Waals surface area contributed by atoms with Gasteiger partial charge in [0.15, 0.2) is 6.61 Å². The minimum Gasteiger partial charge on any atom is -0.497 e. The zero-order valence-corrected chi connectivity index (χ0v) is 14.9. The Bertz CT molecular complexity index is 950. The molecule has 3 rings (SSSR count).